The molecular weight excluding hydrogens is 190 g/mol. The van der Waals surface area contributed by atoms with Crippen molar-refractivity contribution in [1.82, 2.24) is 9.78 Å². The van der Waals surface area contributed by atoms with Gasteiger partial charge in [-0.05, 0) is 19.8 Å². The normalized spacial score (nSPS) is 18.8. The Balaban J connectivity index is 2.06. The van der Waals surface area contributed by atoms with Crippen LogP contribution in [0, 0.1) is 12.3 Å². The number of methoxy groups -OCH3 is 1. The number of aromatic nitrogens is 2. The molecule has 2 N–H and O–H groups in total. The molecule has 1 aromatic heterocycles. The summed E-state index contributed by atoms with van der Waals surface area (Å²) in [6.07, 6.45) is 5.70. The highest BCUT2D eigenvalue weighted by Crippen LogP contribution is 2.42. The fraction of sp³-hybridized carbons (Fsp3) is 0.727. The van der Waals surface area contributed by atoms with Crippen LogP contribution < -0.4 is 5.73 Å². The largest absolute Gasteiger partial charge is 0.396 e. The van der Waals surface area contributed by atoms with Crippen LogP contribution in [0.3, 0.4) is 0 Å². The molecule has 1 saturated carbocycles. The summed E-state index contributed by atoms with van der Waals surface area (Å²) in [7, 11) is 1.77. The van der Waals surface area contributed by atoms with Crippen molar-refractivity contribution in [2.24, 2.45) is 5.41 Å². The van der Waals surface area contributed by atoms with Gasteiger partial charge >= 0.3 is 0 Å². The lowest BCUT2D eigenvalue weighted by molar-refractivity contribution is 0.000684. The fourth-order valence-corrected chi connectivity index (χ4v) is 2.29. The molecule has 0 saturated heterocycles. The number of nitrogens with zero attached hydrogens (tertiary/aromatic N) is 2. The average molecular weight is 209 g/mol. The van der Waals surface area contributed by atoms with Gasteiger partial charge in [0.25, 0.3) is 0 Å². The molecule has 1 aliphatic carbocycles. The van der Waals surface area contributed by atoms with E-state index in [1.54, 1.807) is 7.11 Å². The van der Waals surface area contributed by atoms with Gasteiger partial charge in [-0.3, -0.25) is 4.68 Å². The Morgan fingerprint density at radius 2 is 2.33 bits per heavy atom. The molecule has 2 rings (SSSR count). The highest BCUT2D eigenvalue weighted by Gasteiger charge is 2.37. The highest BCUT2D eigenvalue weighted by molar-refractivity contribution is 5.39. The lowest BCUT2D eigenvalue weighted by Gasteiger charge is -2.41. The summed E-state index contributed by atoms with van der Waals surface area (Å²) in [6.45, 7) is 3.69. The van der Waals surface area contributed by atoms with Crippen molar-refractivity contribution >= 4 is 5.69 Å². The van der Waals surface area contributed by atoms with Crippen LogP contribution in [0.4, 0.5) is 5.69 Å². The Morgan fingerprint density at radius 1 is 1.60 bits per heavy atom. The SMILES string of the molecule is COCC1(Cn2cc(N)c(C)n2)CCC1. The lowest BCUT2D eigenvalue weighted by Crippen LogP contribution is -2.38. The second kappa shape index (κ2) is 3.85. The van der Waals surface area contributed by atoms with Crippen molar-refractivity contribution in [3.05, 3.63) is 11.9 Å². The van der Waals surface area contributed by atoms with E-state index in [2.05, 4.69) is 5.10 Å². The number of nitrogen functional groups attached to an aromatic ring is 1. The van der Waals surface area contributed by atoms with E-state index in [1.807, 2.05) is 17.8 Å². The first-order valence-corrected chi connectivity index (χ1v) is 5.44. The molecule has 0 aromatic carbocycles. The summed E-state index contributed by atoms with van der Waals surface area (Å²) in [5.74, 6) is 0. The van der Waals surface area contributed by atoms with E-state index in [0.717, 1.165) is 24.5 Å². The molecule has 0 spiro atoms. The lowest BCUT2D eigenvalue weighted by atomic mass is 9.69. The summed E-state index contributed by atoms with van der Waals surface area (Å²) in [5.41, 5.74) is 7.78. The van der Waals surface area contributed by atoms with Crippen LogP contribution in [0.25, 0.3) is 0 Å². The molecule has 0 radical (unpaired) electrons. The summed E-state index contributed by atoms with van der Waals surface area (Å²) >= 11 is 0. The van der Waals surface area contributed by atoms with Crippen molar-refractivity contribution < 1.29 is 4.74 Å². The van der Waals surface area contributed by atoms with Crippen molar-refractivity contribution in [2.45, 2.75) is 32.7 Å². The Labute approximate surface area is 90.4 Å². The maximum atomic E-state index is 5.78. The van der Waals surface area contributed by atoms with Crippen molar-refractivity contribution in [1.29, 1.82) is 0 Å². The zero-order chi connectivity index (χ0) is 10.9. The highest BCUT2D eigenvalue weighted by atomic mass is 16.5. The van der Waals surface area contributed by atoms with Crippen molar-refractivity contribution in [3.63, 3.8) is 0 Å². The Hall–Kier alpha value is -1.03. The van der Waals surface area contributed by atoms with Crippen LogP contribution in [0.15, 0.2) is 6.20 Å². The van der Waals surface area contributed by atoms with E-state index in [-0.39, 0.29) is 0 Å². The molecule has 1 aliphatic rings. The number of anilines is 1. The van der Waals surface area contributed by atoms with Crippen LogP contribution in [0.2, 0.25) is 0 Å². The van der Waals surface area contributed by atoms with Gasteiger partial charge in [-0.15, -0.1) is 0 Å². The van der Waals surface area contributed by atoms with Crippen LogP contribution in [-0.2, 0) is 11.3 Å². The molecule has 1 fully saturated rings. The Morgan fingerprint density at radius 3 is 2.73 bits per heavy atom. The molecule has 0 bridgehead atoms. The minimum atomic E-state index is 0.305. The van der Waals surface area contributed by atoms with Gasteiger partial charge in [-0.25, -0.2) is 0 Å². The molecule has 0 atom stereocenters. The molecule has 4 nitrogen and oxygen atoms in total. The van der Waals surface area contributed by atoms with E-state index >= 15 is 0 Å². The number of rotatable bonds is 4. The van der Waals surface area contributed by atoms with E-state index in [0.29, 0.717) is 5.41 Å². The van der Waals surface area contributed by atoms with Crippen molar-refractivity contribution in [2.75, 3.05) is 19.5 Å². The Kier molecular flexibility index (Phi) is 2.69. The number of hydrogen-bond acceptors (Lipinski definition) is 3. The van der Waals surface area contributed by atoms with Gasteiger partial charge in [-0.2, -0.15) is 5.10 Å². The summed E-state index contributed by atoms with van der Waals surface area (Å²) in [4.78, 5) is 0. The third kappa shape index (κ3) is 2.00. The van der Waals surface area contributed by atoms with Crippen molar-refractivity contribution in [3.8, 4) is 0 Å². The summed E-state index contributed by atoms with van der Waals surface area (Å²) < 4.78 is 7.25. The zero-order valence-corrected chi connectivity index (χ0v) is 9.49. The molecular formula is C11H19N3O. The van der Waals surface area contributed by atoms with Crippen LogP contribution in [0.5, 0.6) is 0 Å². The Bertz CT molecular complexity index is 322. The number of nitrogens with two attached hydrogens (primary N) is 1. The second-order valence-electron chi connectivity index (χ2n) is 4.65. The quantitative estimate of drug-likeness (QED) is 0.819. The predicted octanol–water partition coefficient (Wildman–Crippen LogP) is 1.59. The first-order chi connectivity index (χ1) is 7.15. The third-order valence-electron chi connectivity index (χ3n) is 3.35. The number of aryl methyl sites for hydroxylation is 1. The maximum Gasteiger partial charge on any atom is 0.0822 e. The van der Waals surface area contributed by atoms with Gasteiger partial charge in [0.1, 0.15) is 0 Å². The standard InChI is InChI=1S/C11H19N3O/c1-9-10(12)6-14(13-9)7-11(8-15-2)4-3-5-11/h6H,3-5,7-8,12H2,1-2H3. The molecule has 4 heteroatoms. The summed E-state index contributed by atoms with van der Waals surface area (Å²) in [5, 5.41) is 4.40. The molecule has 0 amide bonds. The van der Waals surface area contributed by atoms with E-state index in [4.69, 9.17) is 10.5 Å². The summed E-state index contributed by atoms with van der Waals surface area (Å²) in [6, 6.07) is 0. The van der Waals surface area contributed by atoms with Crippen LogP contribution >= 0.6 is 0 Å². The third-order valence-corrected chi connectivity index (χ3v) is 3.35. The minimum absolute atomic E-state index is 0.305. The fourth-order valence-electron chi connectivity index (χ4n) is 2.29. The molecule has 1 heterocycles. The molecule has 15 heavy (non-hydrogen) atoms. The van der Waals surface area contributed by atoms with Crippen LogP contribution in [0.1, 0.15) is 25.0 Å². The van der Waals surface area contributed by atoms with Gasteiger partial charge in [-0.1, -0.05) is 6.42 Å². The van der Waals surface area contributed by atoms with Gasteiger partial charge in [0.05, 0.1) is 18.0 Å². The van der Waals surface area contributed by atoms with Gasteiger partial charge in [0, 0.05) is 25.3 Å². The number of hydrogen-bond donors (Lipinski definition) is 1. The average Bonchev–Trinajstić information content (AvgIpc) is 2.42. The van der Waals surface area contributed by atoms with Crippen LogP contribution in [-0.4, -0.2) is 23.5 Å². The van der Waals surface area contributed by atoms with Gasteiger partial charge in [0.15, 0.2) is 0 Å². The smallest absolute Gasteiger partial charge is 0.0822 e. The monoisotopic (exact) mass is 209 g/mol. The predicted molar refractivity (Wildman–Crippen MR) is 59.5 cm³/mol. The van der Waals surface area contributed by atoms with E-state index < -0.39 is 0 Å². The molecule has 0 unspecified atom stereocenters. The first-order valence-electron chi connectivity index (χ1n) is 5.44. The molecule has 0 aliphatic heterocycles. The minimum Gasteiger partial charge on any atom is -0.396 e. The van der Waals surface area contributed by atoms with Gasteiger partial charge in [0.2, 0.25) is 0 Å². The van der Waals surface area contributed by atoms with Gasteiger partial charge < -0.3 is 10.5 Å². The topological polar surface area (TPSA) is 53.1 Å². The first kappa shape index (κ1) is 10.5. The number of ether oxygens (including phenoxy) is 1. The maximum absolute atomic E-state index is 5.78. The zero-order valence-electron chi connectivity index (χ0n) is 9.49. The van der Waals surface area contributed by atoms with E-state index in [1.165, 1.54) is 19.3 Å². The molecule has 84 valence electrons. The van der Waals surface area contributed by atoms with E-state index in [9.17, 15) is 0 Å². The second-order valence-corrected chi connectivity index (χ2v) is 4.65. The molecule has 1 aromatic rings.